The molecule has 1 heterocycles. The highest BCUT2D eigenvalue weighted by atomic mass is 79.9. The Hall–Kier alpha value is -1.33. The van der Waals surface area contributed by atoms with Crippen LogP contribution in [0.5, 0.6) is 0 Å². The monoisotopic (exact) mass is 313 g/mol. The van der Waals surface area contributed by atoms with Crippen molar-refractivity contribution in [1.82, 2.24) is 9.97 Å². The summed E-state index contributed by atoms with van der Waals surface area (Å²) in [5, 5.41) is 3.77. The number of H-pyrrole nitrogens is 1. The number of benzene rings is 1. The van der Waals surface area contributed by atoms with E-state index in [1.54, 1.807) is 0 Å². The molecule has 0 saturated heterocycles. The van der Waals surface area contributed by atoms with Crippen LogP contribution in [0, 0.1) is 0 Å². The lowest BCUT2D eigenvalue weighted by Crippen LogP contribution is -2.11. The molecular weight excluding hydrogens is 305 g/mol. The molecule has 1 aromatic carbocycles. The summed E-state index contributed by atoms with van der Waals surface area (Å²) in [5.74, 6) is 0.517. The summed E-state index contributed by atoms with van der Waals surface area (Å²) in [4.78, 5) is 17.8. The first-order valence-corrected chi connectivity index (χ1v) is 6.05. The highest BCUT2D eigenvalue weighted by Crippen LogP contribution is 2.15. The highest BCUT2D eigenvalue weighted by Gasteiger charge is 2.04. The van der Waals surface area contributed by atoms with Gasteiger partial charge in [-0.25, -0.2) is 4.98 Å². The molecule has 0 atom stereocenters. The zero-order valence-corrected chi connectivity index (χ0v) is 11.0. The van der Waals surface area contributed by atoms with Crippen molar-refractivity contribution in [1.29, 1.82) is 0 Å². The number of halogens is 2. The molecule has 2 rings (SSSR count). The number of nitrogens with zero attached hydrogens (tertiary/aromatic N) is 1. The maximum atomic E-state index is 11.3. The fourth-order valence-electron chi connectivity index (χ4n) is 1.29. The van der Waals surface area contributed by atoms with E-state index in [2.05, 4.69) is 31.2 Å². The highest BCUT2D eigenvalue weighted by molar-refractivity contribution is 9.10. The van der Waals surface area contributed by atoms with Gasteiger partial charge in [0.15, 0.2) is 0 Å². The van der Waals surface area contributed by atoms with Crippen molar-refractivity contribution in [2.75, 3.05) is 5.32 Å². The van der Waals surface area contributed by atoms with Gasteiger partial charge in [-0.3, -0.25) is 4.79 Å². The first-order chi connectivity index (χ1) is 8.16. The van der Waals surface area contributed by atoms with E-state index in [0.29, 0.717) is 21.9 Å². The first-order valence-electron chi connectivity index (χ1n) is 4.88. The van der Waals surface area contributed by atoms with Crippen LogP contribution in [0.2, 0.25) is 5.02 Å². The Morgan fingerprint density at radius 3 is 2.76 bits per heavy atom. The summed E-state index contributed by atoms with van der Waals surface area (Å²) in [7, 11) is 0. The van der Waals surface area contributed by atoms with E-state index in [9.17, 15) is 4.79 Å². The average molecular weight is 315 g/mol. The van der Waals surface area contributed by atoms with Crippen LogP contribution in [0.25, 0.3) is 0 Å². The van der Waals surface area contributed by atoms with Crippen LogP contribution >= 0.6 is 27.5 Å². The van der Waals surface area contributed by atoms with Crippen molar-refractivity contribution in [3.8, 4) is 0 Å². The van der Waals surface area contributed by atoms with Gasteiger partial charge in [0.1, 0.15) is 10.3 Å². The summed E-state index contributed by atoms with van der Waals surface area (Å²) >= 11 is 8.96. The minimum atomic E-state index is -0.210. The molecule has 0 fully saturated rings. The lowest BCUT2D eigenvalue weighted by atomic mass is 10.2. The van der Waals surface area contributed by atoms with Crippen LogP contribution < -0.4 is 10.9 Å². The molecule has 0 spiro atoms. The van der Waals surface area contributed by atoms with Crippen LogP contribution in [0.4, 0.5) is 5.82 Å². The Labute approximate surface area is 111 Å². The molecule has 2 N–H and O–H groups in total. The zero-order chi connectivity index (χ0) is 12.3. The molecule has 17 heavy (non-hydrogen) atoms. The Bertz CT molecular complexity index is 568. The topological polar surface area (TPSA) is 57.8 Å². The second-order valence-electron chi connectivity index (χ2n) is 3.37. The number of rotatable bonds is 3. The number of aromatic nitrogens is 2. The third kappa shape index (κ3) is 3.08. The van der Waals surface area contributed by atoms with Crippen LogP contribution in [-0.4, -0.2) is 9.97 Å². The lowest BCUT2D eigenvalue weighted by molar-refractivity contribution is 1.05. The van der Waals surface area contributed by atoms with Gasteiger partial charge in [-0.05, 0) is 33.6 Å². The maximum Gasteiger partial charge on any atom is 0.267 e. The van der Waals surface area contributed by atoms with Crippen molar-refractivity contribution >= 4 is 33.3 Å². The summed E-state index contributed by atoms with van der Waals surface area (Å²) in [6.45, 7) is 0.576. The SMILES string of the molecule is O=c1[nH]cnc(NCc2ccc(Cl)cc2)c1Br. The van der Waals surface area contributed by atoms with Gasteiger partial charge < -0.3 is 10.3 Å². The van der Waals surface area contributed by atoms with E-state index in [1.165, 1.54) is 6.33 Å². The fraction of sp³-hybridized carbons (Fsp3) is 0.0909. The number of anilines is 1. The third-order valence-electron chi connectivity index (χ3n) is 2.17. The zero-order valence-electron chi connectivity index (χ0n) is 8.71. The predicted octanol–water partition coefficient (Wildman–Crippen LogP) is 2.80. The summed E-state index contributed by atoms with van der Waals surface area (Å²) < 4.78 is 0.397. The molecule has 4 nitrogen and oxygen atoms in total. The van der Waals surface area contributed by atoms with Crippen molar-refractivity contribution in [2.45, 2.75) is 6.54 Å². The Morgan fingerprint density at radius 2 is 2.06 bits per heavy atom. The molecule has 0 saturated carbocycles. The minimum Gasteiger partial charge on any atom is -0.365 e. The predicted molar refractivity (Wildman–Crippen MR) is 71.3 cm³/mol. The van der Waals surface area contributed by atoms with Gasteiger partial charge in [-0.2, -0.15) is 0 Å². The van der Waals surface area contributed by atoms with Gasteiger partial charge in [0, 0.05) is 11.6 Å². The van der Waals surface area contributed by atoms with Crippen molar-refractivity contribution in [2.24, 2.45) is 0 Å². The average Bonchev–Trinajstić information content (AvgIpc) is 2.33. The second-order valence-corrected chi connectivity index (χ2v) is 4.60. The molecule has 0 aliphatic heterocycles. The first kappa shape index (κ1) is 12.1. The molecule has 0 unspecified atom stereocenters. The van der Waals surface area contributed by atoms with Gasteiger partial charge in [-0.1, -0.05) is 23.7 Å². The van der Waals surface area contributed by atoms with Crippen molar-refractivity contribution < 1.29 is 0 Å². The van der Waals surface area contributed by atoms with Crippen LogP contribution in [0.15, 0.2) is 39.9 Å². The van der Waals surface area contributed by atoms with E-state index in [0.717, 1.165) is 5.56 Å². The number of aromatic amines is 1. The summed E-state index contributed by atoms with van der Waals surface area (Å²) in [6, 6.07) is 7.46. The molecule has 0 aliphatic rings. The Morgan fingerprint density at radius 1 is 1.35 bits per heavy atom. The maximum absolute atomic E-state index is 11.3. The fourth-order valence-corrected chi connectivity index (χ4v) is 1.78. The van der Waals surface area contributed by atoms with E-state index >= 15 is 0 Å². The Balaban J connectivity index is 2.10. The van der Waals surface area contributed by atoms with Crippen LogP contribution in [0.1, 0.15) is 5.56 Å². The molecule has 1 aromatic heterocycles. The minimum absolute atomic E-state index is 0.210. The quantitative estimate of drug-likeness (QED) is 0.916. The van der Waals surface area contributed by atoms with E-state index in [-0.39, 0.29) is 5.56 Å². The normalized spacial score (nSPS) is 10.2. The molecule has 0 amide bonds. The molecule has 88 valence electrons. The van der Waals surface area contributed by atoms with E-state index in [4.69, 9.17) is 11.6 Å². The lowest BCUT2D eigenvalue weighted by Gasteiger charge is -2.06. The Kier molecular flexibility index (Phi) is 3.81. The molecule has 6 heteroatoms. The van der Waals surface area contributed by atoms with Crippen LogP contribution in [-0.2, 0) is 6.54 Å². The molecule has 0 aliphatic carbocycles. The number of hydrogen-bond donors (Lipinski definition) is 2. The summed E-state index contributed by atoms with van der Waals surface area (Å²) in [5.41, 5.74) is 0.849. The number of nitrogens with one attached hydrogen (secondary N) is 2. The van der Waals surface area contributed by atoms with Gasteiger partial charge in [0.25, 0.3) is 5.56 Å². The van der Waals surface area contributed by atoms with Gasteiger partial charge in [0.05, 0.1) is 6.33 Å². The summed E-state index contributed by atoms with van der Waals surface area (Å²) in [6.07, 6.45) is 1.36. The van der Waals surface area contributed by atoms with Crippen LogP contribution in [0.3, 0.4) is 0 Å². The molecule has 0 bridgehead atoms. The van der Waals surface area contributed by atoms with Gasteiger partial charge in [-0.15, -0.1) is 0 Å². The second kappa shape index (κ2) is 5.33. The van der Waals surface area contributed by atoms with Gasteiger partial charge in [0.2, 0.25) is 0 Å². The smallest absolute Gasteiger partial charge is 0.267 e. The standard InChI is InChI=1S/C11H9BrClN3O/c12-9-10(15-6-16-11(9)17)14-5-7-1-3-8(13)4-2-7/h1-4,6H,5H2,(H2,14,15,16,17). The van der Waals surface area contributed by atoms with Crippen molar-refractivity contribution in [3.63, 3.8) is 0 Å². The molecule has 2 aromatic rings. The van der Waals surface area contributed by atoms with Gasteiger partial charge >= 0.3 is 0 Å². The van der Waals surface area contributed by atoms with Crippen molar-refractivity contribution in [3.05, 3.63) is 56.0 Å². The van der Waals surface area contributed by atoms with E-state index < -0.39 is 0 Å². The van der Waals surface area contributed by atoms with E-state index in [1.807, 2.05) is 24.3 Å². The molecule has 0 radical (unpaired) electrons. The third-order valence-corrected chi connectivity index (χ3v) is 3.16. The largest absolute Gasteiger partial charge is 0.365 e. The number of hydrogen-bond acceptors (Lipinski definition) is 3. The molecular formula is C11H9BrClN3O.